The van der Waals surface area contributed by atoms with E-state index >= 15 is 0 Å². The zero-order chi connectivity index (χ0) is 21.0. The number of ether oxygens (including phenoxy) is 2. The third kappa shape index (κ3) is 3.00. The minimum Gasteiger partial charge on any atom is -0.487 e. The molecule has 0 saturated carbocycles. The minimum absolute atomic E-state index is 0.0574. The van der Waals surface area contributed by atoms with Gasteiger partial charge in [0.1, 0.15) is 16.9 Å². The monoisotopic (exact) mass is 405 g/mol. The number of carbonyl (C=O) groups is 1. The molecule has 0 bridgehead atoms. The predicted molar refractivity (Wildman–Crippen MR) is 115 cm³/mol. The van der Waals surface area contributed by atoms with Gasteiger partial charge in [-0.15, -0.1) is 0 Å². The summed E-state index contributed by atoms with van der Waals surface area (Å²) in [6, 6.07) is 12.1. The molecule has 0 fully saturated rings. The van der Waals surface area contributed by atoms with Gasteiger partial charge in [-0.1, -0.05) is 24.3 Å². The van der Waals surface area contributed by atoms with Crippen LogP contribution >= 0.6 is 0 Å². The van der Waals surface area contributed by atoms with Crippen molar-refractivity contribution in [1.29, 1.82) is 0 Å². The van der Waals surface area contributed by atoms with Crippen LogP contribution < -0.4 is 4.74 Å². The molecule has 30 heavy (non-hydrogen) atoms. The summed E-state index contributed by atoms with van der Waals surface area (Å²) in [6.45, 7) is 7.41. The van der Waals surface area contributed by atoms with Gasteiger partial charge in [-0.2, -0.15) is 0 Å². The number of nitrogens with zero attached hydrogens (tertiary/aromatic N) is 1. The van der Waals surface area contributed by atoms with Gasteiger partial charge in [0.2, 0.25) is 0 Å². The number of amides is 1. The third-order valence-electron chi connectivity index (χ3n) is 6.38. The second-order valence-corrected chi connectivity index (χ2v) is 8.94. The van der Waals surface area contributed by atoms with E-state index in [1.807, 2.05) is 30.0 Å². The number of rotatable bonds is 2. The molecular weight excluding hydrogens is 378 g/mol. The van der Waals surface area contributed by atoms with Gasteiger partial charge in [-0.05, 0) is 50.5 Å². The Labute approximate surface area is 176 Å². The van der Waals surface area contributed by atoms with Crippen molar-refractivity contribution in [2.75, 3.05) is 13.7 Å². The lowest BCUT2D eigenvalue weighted by molar-refractivity contribution is -0.00978. The van der Waals surface area contributed by atoms with Crippen LogP contribution in [0, 0.1) is 6.92 Å². The standard InChI is InChI=1S/C25H27NO4/c1-15-21-18(9-10-19-22(21)20(28-4)13-25(2,3)30-19)29-23(15)24(27)26-12-11-16-7-5-6-8-17(16)14-26/h5-10,20H,11-14H2,1-4H3/t20-/m1/s1. The number of aryl methyl sites for hydroxylation is 1. The molecule has 0 radical (unpaired) electrons. The molecule has 3 heterocycles. The van der Waals surface area contributed by atoms with Gasteiger partial charge >= 0.3 is 0 Å². The second kappa shape index (κ2) is 6.88. The van der Waals surface area contributed by atoms with Gasteiger partial charge in [-0.25, -0.2) is 0 Å². The maximum atomic E-state index is 13.4. The number of hydrogen-bond donors (Lipinski definition) is 0. The minimum atomic E-state index is -0.307. The highest BCUT2D eigenvalue weighted by Crippen LogP contribution is 2.46. The van der Waals surface area contributed by atoms with Crippen molar-refractivity contribution >= 4 is 16.9 Å². The lowest BCUT2D eigenvalue weighted by atomic mass is 9.88. The summed E-state index contributed by atoms with van der Waals surface area (Å²) in [5, 5.41) is 0.940. The summed E-state index contributed by atoms with van der Waals surface area (Å²) in [5.41, 5.74) is 4.77. The molecule has 0 saturated heterocycles. The molecule has 5 heteroatoms. The third-order valence-corrected chi connectivity index (χ3v) is 6.38. The van der Waals surface area contributed by atoms with E-state index < -0.39 is 0 Å². The normalized spacial score (nSPS) is 19.9. The van der Waals surface area contributed by atoms with E-state index in [9.17, 15) is 4.79 Å². The van der Waals surface area contributed by atoms with Crippen LogP contribution in [0.2, 0.25) is 0 Å². The van der Waals surface area contributed by atoms with E-state index in [1.165, 1.54) is 11.1 Å². The van der Waals surface area contributed by atoms with Crippen LogP contribution in [0.5, 0.6) is 5.75 Å². The zero-order valence-corrected chi connectivity index (χ0v) is 18.0. The fourth-order valence-corrected chi connectivity index (χ4v) is 4.87. The summed E-state index contributed by atoms with van der Waals surface area (Å²) in [7, 11) is 1.72. The predicted octanol–water partition coefficient (Wildman–Crippen LogP) is 5.19. The maximum absolute atomic E-state index is 13.4. The van der Waals surface area contributed by atoms with E-state index in [0.717, 1.165) is 35.1 Å². The van der Waals surface area contributed by atoms with Crippen molar-refractivity contribution in [2.24, 2.45) is 0 Å². The Morgan fingerprint density at radius 1 is 1.17 bits per heavy atom. The van der Waals surface area contributed by atoms with Crippen molar-refractivity contribution < 1.29 is 18.7 Å². The molecule has 0 N–H and O–H groups in total. The topological polar surface area (TPSA) is 51.9 Å². The van der Waals surface area contributed by atoms with Gasteiger partial charge < -0.3 is 18.8 Å². The lowest BCUT2D eigenvalue weighted by Crippen LogP contribution is -2.36. The quantitative estimate of drug-likeness (QED) is 0.589. The zero-order valence-electron chi connectivity index (χ0n) is 18.0. The molecule has 2 aliphatic heterocycles. The largest absolute Gasteiger partial charge is 0.487 e. The van der Waals surface area contributed by atoms with Gasteiger partial charge in [0, 0.05) is 43.1 Å². The number of carbonyl (C=O) groups excluding carboxylic acids is 1. The van der Waals surface area contributed by atoms with Gasteiger partial charge in [0.15, 0.2) is 5.76 Å². The smallest absolute Gasteiger partial charge is 0.290 e. The average molecular weight is 405 g/mol. The van der Waals surface area contributed by atoms with Crippen LogP contribution in [0.3, 0.4) is 0 Å². The molecule has 5 nitrogen and oxygen atoms in total. The van der Waals surface area contributed by atoms with Gasteiger partial charge in [-0.3, -0.25) is 4.79 Å². The molecule has 156 valence electrons. The first-order valence-corrected chi connectivity index (χ1v) is 10.5. The summed E-state index contributed by atoms with van der Waals surface area (Å²) in [6.07, 6.45) is 1.51. The summed E-state index contributed by atoms with van der Waals surface area (Å²) < 4.78 is 18.2. The van der Waals surface area contributed by atoms with Crippen LogP contribution in [-0.2, 0) is 17.7 Å². The fraction of sp³-hybridized carbons (Fsp3) is 0.400. The molecule has 2 aromatic carbocycles. The van der Waals surface area contributed by atoms with Crippen molar-refractivity contribution in [2.45, 2.75) is 51.9 Å². The van der Waals surface area contributed by atoms with E-state index in [4.69, 9.17) is 13.9 Å². The van der Waals surface area contributed by atoms with Gasteiger partial charge in [0.05, 0.1) is 6.10 Å². The summed E-state index contributed by atoms with van der Waals surface area (Å²) in [5.74, 6) is 1.16. The van der Waals surface area contributed by atoms with E-state index in [-0.39, 0.29) is 17.6 Å². The van der Waals surface area contributed by atoms with Crippen LogP contribution in [0.4, 0.5) is 0 Å². The number of methoxy groups -OCH3 is 1. The number of benzene rings is 2. The first-order valence-electron chi connectivity index (χ1n) is 10.5. The van der Waals surface area contributed by atoms with Crippen molar-refractivity contribution in [3.8, 4) is 5.75 Å². The SMILES string of the molecule is CO[C@@H]1CC(C)(C)Oc2ccc3oc(C(=O)N4CCc5ccccc5C4)c(C)c3c21. The molecule has 3 aromatic rings. The molecular formula is C25H27NO4. The number of furan rings is 1. The molecule has 1 atom stereocenters. The van der Waals surface area contributed by atoms with E-state index in [1.54, 1.807) is 7.11 Å². The highest BCUT2D eigenvalue weighted by molar-refractivity contribution is 6.00. The average Bonchev–Trinajstić information content (AvgIpc) is 3.08. The number of fused-ring (bicyclic) bond motifs is 4. The first kappa shape index (κ1) is 19.2. The molecule has 0 unspecified atom stereocenters. The first-order chi connectivity index (χ1) is 14.4. The Bertz CT molecular complexity index is 1140. The lowest BCUT2D eigenvalue weighted by Gasteiger charge is -2.37. The van der Waals surface area contributed by atoms with Crippen molar-refractivity contribution in [1.82, 2.24) is 4.90 Å². The Morgan fingerprint density at radius 3 is 2.70 bits per heavy atom. The highest BCUT2D eigenvalue weighted by Gasteiger charge is 2.37. The Kier molecular flexibility index (Phi) is 4.40. The molecule has 5 rings (SSSR count). The Hall–Kier alpha value is -2.79. The Morgan fingerprint density at radius 2 is 1.93 bits per heavy atom. The second-order valence-electron chi connectivity index (χ2n) is 8.94. The number of hydrogen-bond acceptors (Lipinski definition) is 4. The van der Waals surface area contributed by atoms with E-state index in [2.05, 4.69) is 32.0 Å². The molecule has 2 aliphatic rings. The van der Waals surface area contributed by atoms with Crippen LogP contribution in [0.15, 0.2) is 40.8 Å². The van der Waals surface area contributed by atoms with Gasteiger partial charge in [0.25, 0.3) is 5.91 Å². The molecule has 1 amide bonds. The van der Waals surface area contributed by atoms with Crippen LogP contribution in [-0.4, -0.2) is 30.1 Å². The molecule has 0 spiro atoms. The molecule has 1 aromatic heterocycles. The fourth-order valence-electron chi connectivity index (χ4n) is 4.87. The van der Waals surface area contributed by atoms with Crippen molar-refractivity contribution in [3.63, 3.8) is 0 Å². The highest BCUT2D eigenvalue weighted by atomic mass is 16.5. The summed E-state index contributed by atoms with van der Waals surface area (Å²) in [4.78, 5) is 15.3. The molecule has 0 aliphatic carbocycles. The summed E-state index contributed by atoms with van der Waals surface area (Å²) >= 11 is 0. The Balaban J connectivity index is 1.56. The maximum Gasteiger partial charge on any atom is 0.290 e. The van der Waals surface area contributed by atoms with Crippen molar-refractivity contribution in [3.05, 3.63) is 64.4 Å². The van der Waals surface area contributed by atoms with Crippen LogP contribution in [0.1, 0.15) is 59.2 Å². The van der Waals surface area contributed by atoms with Crippen LogP contribution in [0.25, 0.3) is 11.0 Å². The van der Waals surface area contributed by atoms with E-state index in [0.29, 0.717) is 24.4 Å².